The predicted octanol–water partition coefficient (Wildman–Crippen LogP) is 2.83. The number of carbonyl (C=O) groups excluding carboxylic acids is 1. The molecule has 1 saturated heterocycles. The maximum Gasteiger partial charge on any atom is 0.283 e. The molecule has 180 valence electrons. The summed E-state index contributed by atoms with van der Waals surface area (Å²) in [6.07, 6.45) is 0.923. The average molecular weight is 480 g/mol. The number of nitrogens with zero attached hydrogens (tertiary/aromatic N) is 4. The molecule has 8 heteroatoms. The first-order chi connectivity index (χ1) is 16.6. The Labute approximate surface area is 205 Å². The molecule has 0 bridgehead atoms. The van der Waals surface area contributed by atoms with Crippen LogP contribution in [0.25, 0.3) is 11.0 Å². The van der Waals surface area contributed by atoms with Crippen molar-refractivity contribution in [3.05, 3.63) is 70.5 Å². The van der Waals surface area contributed by atoms with Crippen molar-refractivity contribution in [2.24, 2.45) is 0 Å². The lowest BCUT2D eigenvalue weighted by Gasteiger charge is -2.34. The van der Waals surface area contributed by atoms with Crippen LogP contribution in [-0.4, -0.2) is 70.3 Å². The molecule has 0 aliphatic carbocycles. The number of aryl methyl sites for hydroxylation is 1. The molecule has 0 atom stereocenters. The highest BCUT2D eigenvalue weighted by atomic mass is 32.2. The minimum absolute atomic E-state index is 0.0601. The van der Waals surface area contributed by atoms with E-state index in [9.17, 15) is 9.59 Å². The normalized spacial score (nSPS) is 15.0. The maximum atomic E-state index is 12.7. The molecule has 4 rings (SSSR count). The van der Waals surface area contributed by atoms with Gasteiger partial charge < -0.3 is 14.8 Å². The molecule has 34 heavy (non-hydrogen) atoms. The van der Waals surface area contributed by atoms with Crippen molar-refractivity contribution in [2.75, 3.05) is 45.0 Å². The number of aromatic nitrogens is 2. The zero-order valence-corrected chi connectivity index (χ0v) is 20.6. The van der Waals surface area contributed by atoms with Crippen LogP contribution in [0.5, 0.6) is 0 Å². The molecule has 1 aromatic heterocycles. The average Bonchev–Trinajstić information content (AvgIpc) is 2.87. The van der Waals surface area contributed by atoms with Crippen molar-refractivity contribution in [1.29, 1.82) is 0 Å². The van der Waals surface area contributed by atoms with Crippen molar-refractivity contribution < 1.29 is 4.79 Å². The summed E-state index contributed by atoms with van der Waals surface area (Å²) in [5.41, 5.74) is 2.83. The third-order valence-corrected chi connectivity index (χ3v) is 7.11. The summed E-state index contributed by atoms with van der Waals surface area (Å²) in [5.74, 6) is 0.137. The molecule has 1 N–H and O–H groups in total. The van der Waals surface area contributed by atoms with E-state index in [2.05, 4.69) is 50.4 Å². The smallest absolute Gasteiger partial charge is 0.283 e. The zero-order valence-electron chi connectivity index (χ0n) is 19.8. The zero-order chi connectivity index (χ0) is 23.8. The predicted molar refractivity (Wildman–Crippen MR) is 138 cm³/mol. The highest BCUT2D eigenvalue weighted by Gasteiger charge is 2.17. The Morgan fingerprint density at radius 1 is 1.00 bits per heavy atom. The van der Waals surface area contributed by atoms with Crippen LogP contribution in [0.2, 0.25) is 0 Å². The number of rotatable bonds is 10. The van der Waals surface area contributed by atoms with Crippen LogP contribution in [0.3, 0.4) is 0 Å². The van der Waals surface area contributed by atoms with Crippen molar-refractivity contribution in [3.63, 3.8) is 0 Å². The van der Waals surface area contributed by atoms with Gasteiger partial charge in [0, 0.05) is 45.8 Å². The number of hydrogen-bond acceptors (Lipinski definition) is 6. The number of hydrogen-bond donors (Lipinski definition) is 1. The van der Waals surface area contributed by atoms with Gasteiger partial charge in [0.05, 0.1) is 16.8 Å². The van der Waals surface area contributed by atoms with E-state index < -0.39 is 0 Å². The minimum Gasteiger partial charge on any atom is -0.355 e. The van der Waals surface area contributed by atoms with Gasteiger partial charge in [0.15, 0.2) is 5.03 Å². The summed E-state index contributed by atoms with van der Waals surface area (Å²) < 4.78 is 1.71. The summed E-state index contributed by atoms with van der Waals surface area (Å²) in [6, 6.07) is 18.2. The molecule has 1 aliphatic rings. The van der Waals surface area contributed by atoms with Crippen LogP contribution in [0.4, 0.5) is 0 Å². The highest BCUT2D eigenvalue weighted by molar-refractivity contribution is 7.99. The molecule has 2 heterocycles. The van der Waals surface area contributed by atoms with E-state index in [0.717, 1.165) is 56.7 Å². The maximum absolute atomic E-state index is 12.7. The van der Waals surface area contributed by atoms with Gasteiger partial charge in [0.25, 0.3) is 5.56 Å². The minimum atomic E-state index is -0.134. The summed E-state index contributed by atoms with van der Waals surface area (Å²) in [4.78, 5) is 34.5. The van der Waals surface area contributed by atoms with Crippen molar-refractivity contribution in [1.82, 2.24) is 24.7 Å². The number of para-hydroxylation sites is 2. The van der Waals surface area contributed by atoms with E-state index in [1.165, 1.54) is 17.3 Å². The van der Waals surface area contributed by atoms with E-state index in [1.54, 1.807) is 4.57 Å². The molecule has 0 radical (unpaired) electrons. The van der Waals surface area contributed by atoms with Gasteiger partial charge in [0.2, 0.25) is 5.91 Å². The number of amides is 1. The van der Waals surface area contributed by atoms with Gasteiger partial charge >= 0.3 is 0 Å². The fourth-order valence-corrected chi connectivity index (χ4v) is 5.07. The third kappa shape index (κ3) is 6.46. The van der Waals surface area contributed by atoms with Gasteiger partial charge in [-0.15, -0.1) is 0 Å². The second-order valence-electron chi connectivity index (χ2n) is 8.55. The Balaban J connectivity index is 1.15. The summed E-state index contributed by atoms with van der Waals surface area (Å²) >= 11 is 1.21. The van der Waals surface area contributed by atoms with E-state index in [1.807, 2.05) is 31.2 Å². The van der Waals surface area contributed by atoms with Gasteiger partial charge in [-0.05, 0) is 37.6 Å². The van der Waals surface area contributed by atoms with Crippen LogP contribution in [0, 0.1) is 0 Å². The first-order valence-corrected chi connectivity index (χ1v) is 13.0. The van der Waals surface area contributed by atoms with E-state index >= 15 is 0 Å². The first kappa shape index (κ1) is 24.4. The van der Waals surface area contributed by atoms with E-state index in [-0.39, 0.29) is 17.2 Å². The van der Waals surface area contributed by atoms with Crippen LogP contribution in [0.1, 0.15) is 18.9 Å². The van der Waals surface area contributed by atoms with Gasteiger partial charge in [-0.1, -0.05) is 54.2 Å². The summed E-state index contributed by atoms with van der Waals surface area (Å²) in [7, 11) is 0. The van der Waals surface area contributed by atoms with E-state index in [0.29, 0.717) is 18.1 Å². The van der Waals surface area contributed by atoms with Gasteiger partial charge in [-0.3, -0.25) is 14.5 Å². The molecule has 2 aromatic carbocycles. The lowest BCUT2D eigenvalue weighted by atomic mass is 10.2. The lowest BCUT2D eigenvalue weighted by Crippen LogP contribution is -2.46. The number of benzene rings is 2. The molecule has 3 aromatic rings. The number of thioether (sulfide) groups is 1. The van der Waals surface area contributed by atoms with Crippen molar-refractivity contribution in [2.45, 2.75) is 31.5 Å². The Kier molecular flexibility index (Phi) is 8.73. The largest absolute Gasteiger partial charge is 0.355 e. The molecular weight excluding hydrogens is 446 g/mol. The molecular formula is C26H33N5O2S. The molecule has 7 nitrogen and oxygen atoms in total. The lowest BCUT2D eigenvalue weighted by molar-refractivity contribution is -0.118. The van der Waals surface area contributed by atoms with Crippen LogP contribution < -0.4 is 10.9 Å². The van der Waals surface area contributed by atoms with Gasteiger partial charge in [-0.25, -0.2) is 4.98 Å². The first-order valence-electron chi connectivity index (χ1n) is 12.0. The van der Waals surface area contributed by atoms with Crippen molar-refractivity contribution in [3.8, 4) is 0 Å². The fourth-order valence-electron chi connectivity index (χ4n) is 4.31. The number of carbonyl (C=O) groups is 1. The van der Waals surface area contributed by atoms with Gasteiger partial charge in [-0.2, -0.15) is 0 Å². The SMILES string of the molecule is CCn1c(=O)c(SCC(=O)NCCCN2CCN(Cc3ccccc3)CC2)nc2ccccc21. The Hall–Kier alpha value is -2.68. The molecule has 1 fully saturated rings. The highest BCUT2D eigenvalue weighted by Crippen LogP contribution is 2.16. The number of fused-ring (bicyclic) bond motifs is 1. The third-order valence-electron chi connectivity index (χ3n) is 6.17. The molecule has 1 amide bonds. The van der Waals surface area contributed by atoms with Crippen LogP contribution >= 0.6 is 11.8 Å². The Bertz CT molecular complexity index is 1140. The molecule has 0 spiro atoms. The second-order valence-corrected chi connectivity index (χ2v) is 9.51. The van der Waals surface area contributed by atoms with Gasteiger partial charge in [0.1, 0.15) is 0 Å². The molecule has 0 unspecified atom stereocenters. The second kappa shape index (κ2) is 12.1. The topological polar surface area (TPSA) is 70.5 Å². The number of piperazine rings is 1. The number of nitrogens with one attached hydrogen (secondary N) is 1. The Morgan fingerprint density at radius 3 is 2.47 bits per heavy atom. The van der Waals surface area contributed by atoms with Crippen LogP contribution in [-0.2, 0) is 17.9 Å². The quantitative estimate of drug-likeness (QED) is 0.356. The van der Waals surface area contributed by atoms with E-state index in [4.69, 9.17) is 0 Å². The van der Waals surface area contributed by atoms with Crippen molar-refractivity contribution >= 4 is 28.7 Å². The standard InChI is InChI=1S/C26H33N5O2S/c1-2-31-23-12-7-6-11-22(23)28-25(26(31)33)34-20-24(32)27-13-8-14-29-15-17-30(18-16-29)19-21-9-4-3-5-10-21/h3-7,9-12H,2,8,13-20H2,1H3,(H,27,32). The fraction of sp³-hybridized carbons (Fsp3) is 0.423. The summed E-state index contributed by atoms with van der Waals surface area (Å²) in [6.45, 7) is 9.44. The monoisotopic (exact) mass is 479 g/mol. The Morgan fingerprint density at radius 2 is 1.71 bits per heavy atom. The molecule has 1 aliphatic heterocycles. The van der Waals surface area contributed by atoms with Crippen LogP contribution in [0.15, 0.2) is 64.4 Å². The molecule has 0 saturated carbocycles. The summed E-state index contributed by atoms with van der Waals surface area (Å²) in [5, 5.41) is 3.36.